The molecule has 9 heteroatoms. The first-order valence-corrected chi connectivity index (χ1v) is 8.07. The topological polar surface area (TPSA) is 79.3 Å². The van der Waals surface area contributed by atoms with Crippen LogP contribution in [0.3, 0.4) is 0 Å². The molecule has 0 saturated carbocycles. The number of benzene rings is 1. The van der Waals surface area contributed by atoms with Crippen molar-refractivity contribution in [2.75, 3.05) is 4.72 Å². The zero-order valence-corrected chi connectivity index (χ0v) is 12.4. The third-order valence-electron chi connectivity index (χ3n) is 2.25. The molecule has 19 heavy (non-hydrogen) atoms. The molecule has 2 rings (SSSR count). The Morgan fingerprint density at radius 3 is 2.68 bits per heavy atom. The van der Waals surface area contributed by atoms with Gasteiger partial charge in [0.1, 0.15) is 4.90 Å². The number of aliphatic hydroxyl groups excluding tert-OH is 1. The van der Waals surface area contributed by atoms with Gasteiger partial charge in [-0.1, -0.05) is 23.2 Å². The molecule has 1 aromatic heterocycles. The van der Waals surface area contributed by atoms with E-state index in [9.17, 15) is 8.42 Å². The second-order valence-corrected chi connectivity index (χ2v) is 6.77. The van der Waals surface area contributed by atoms with E-state index in [1.54, 1.807) is 5.38 Å². The second-order valence-electron chi connectivity index (χ2n) is 3.44. The van der Waals surface area contributed by atoms with Crippen molar-refractivity contribution in [1.29, 1.82) is 0 Å². The van der Waals surface area contributed by atoms with Gasteiger partial charge in [-0.2, -0.15) is 0 Å². The van der Waals surface area contributed by atoms with Crippen LogP contribution >= 0.6 is 34.5 Å². The van der Waals surface area contributed by atoms with Crippen molar-refractivity contribution >= 4 is 49.7 Å². The Bertz CT molecular complexity index is 687. The van der Waals surface area contributed by atoms with Crippen molar-refractivity contribution in [1.82, 2.24) is 4.98 Å². The molecule has 0 aliphatic carbocycles. The van der Waals surface area contributed by atoms with Crippen LogP contribution in [0.2, 0.25) is 10.0 Å². The van der Waals surface area contributed by atoms with E-state index in [1.165, 1.54) is 18.3 Å². The monoisotopic (exact) mass is 338 g/mol. The molecule has 0 fully saturated rings. The summed E-state index contributed by atoms with van der Waals surface area (Å²) in [6.07, 6.45) is 1.48. The summed E-state index contributed by atoms with van der Waals surface area (Å²) in [4.78, 5) is 3.67. The molecule has 0 saturated heterocycles. The maximum Gasteiger partial charge on any atom is 0.265 e. The maximum atomic E-state index is 12.1. The lowest BCUT2D eigenvalue weighted by Crippen LogP contribution is -2.14. The highest BCUT2D eigenvalue weighted by Crippen LogP contribution is 2.32. The van der Waals surface area contributed by atoms with Gasteiger partial charge in [0, 0.05) is 22.2 Å². The van der Waals surface area contributed by atoms with E-state index in [4.69, 9.17) is 28.3 Å². The summed E-state index contributed by atoms with van der Waals surface area (Å²) in [6.45, 7) is -0.446. The van der Waals surface area contributed by atoms with Crippen molar-refractivity contribution < 1.29 is 13.5 Å². The number of hydrogen-bond donors (Lipinski definition) is 2. The minimum Gasteiger partial charge on any atom is -0.392 e. The first kappa shape index (κ1) is 14.5. The van der Waals surface area contributed by atoms with Gasteiger partial charge in [0.15, 0.2) is 5.13 Å². The Kier molecular flexibility index (Phi) is 4.32. The zero-order valence-electron chi connectivity index (χ0n) is 9.30. The van der Waals surface area contributed by atoms with Crippen molar-refractivity contribution in [2.24, 2.45) is 0 Å². The van der Waals surface area contributed by atoms with E-state index in [2.05, 4.69) is 9.71 Å². The number of nitrogens with one attached hydrogen (secondary N) is 1. The van der Waals surface area contributed by atoms with Crippen molar-refractivity contribution in [3.8, 4) is 0 Å². The smallest absolute Gasteiger partial charge is 0.265 e. The maximum absolute atomic E-state index is 12.1. The van der Waals surface area contributed by atoms with E-state index in [-0.39, 0.29) is 25.6 Å². The molecule has 102 valence electrons. The molecule has 2 N–H and O–H groups in total. The number of nitrogens with zero attached hydrogens (tertiary/aromatic N) is 1. The summed E-state index contributed by atoms with van der Waals surface area (Å²) >= 11 is 12.9. The lowest BCUT2D eigenvalue weighted by molar-refractivity contribution is 0.282. The van der Waals surface area contributed by atoms with Gasteiger partial charge in [-0.25, -0.2) is 13.4 Å². The molecule has 1 heterocycles. The molecular formula is C10H8Cl2N2O3S2. The fraction of sp³-hybridized carbons (Fsp3) is 0.100. The third-order valence-corrected chi connectivity index (χ3v) is 5.35. The lowest BCUT2D eigenvalue weighted by Gasteiger charge is -2.10. The van der Waals surface area contributed by atoms with Crippen LogP contribution in [0.5, 0.6) is 0 Å². The van der Waals surface area contributed by atoms with Crippen LogP contribution in [-0.4, -0.2) is 18.5 Å². The Labute approximate surface area is 123 Å². The third kappa shape index (κ3) is 3.01. The van der Waals surface area contributed by atoms with Crippen molar-refractivity contribution in [3.63, 3.8) is 0 Å². The molecule has 0 spiro atoms. The van der Waals surface area contributed by atoms with Crippen LogP contribution in [0.1, 0.15) is 5.56 Å². The van der Waals surface area contributed by atoms with Crippen molar-refractivity contribution in [3.05, 3.63) is 39.3 Å². The quantitative estimate of drug-likeness (QED) is 0.898. The van der Waals surface area contributed by atoms with Gasteiger partial charge in [0.25, 0.3) is 10.0 Å². The fourth-order valence-electron chi connectivity index (χ4n) is 1.37. The lowest BCUT2D eigenvalue weighted by atomic mass is 10.2. The van der Waals surface area contributed by atoms with E-state index in [1.807, 2.05) is 0 Å². The first-order valence-electron chi connectivity index (χ1n) is 4.95. The summed E-state index contributed by atoms with van der Waals surface area (Å²) < 4.78 is 26.6. The summed E-state index contributed by atoms with van der Waals surface area (Å²) in [5.41, 5.74) is 0.172. The molecular weight excluding hydrogens is 331 g/mol. The summed E-state index contributed by atoms with van der Waals surface area (Å²) in [6, 6.07) is 2.65. The highest BCUT2D eigenvalue weighted by atomic mass is 35.5. The highest BCUT2D eigenvalue weighted by Gasteiger charge is 2.22. The number of rotatable bonds is 4. The van der Waals surface area contributed by atoms with Crippen molar-refractivity contribution in [2.45, 2.75) is 11.5 Å². The van der Waals surface area contributed by atoms with Gasteiger partial charge in [0.05, 0.1) is 11.6 Å². The van der Waals surface area contributed by atoms with Gasteiger partial charge in [0.2, 0.25) is 0 Å². The SMILES string of the molecule is O=S(=O)(Nc1nccs1)c1ccc(Cl)c(CO)c1Cl. The predicted octanol–water partition coefficient (Wildman–Crippen LogP) is 2.74. The average molecular weight is 339 g/mol. The Hall–Kier alpha value is -0.860. The van der Waals surface area contributed by atoms with Crippen LogP contribution in [0.25, 0.3) is 0 Å². The number of halogens is 2. The second kappa shape index (κ2) is 5.64. The van der Waals surface area contributed by atoms with Crippen LogP contribution in [0.4, 0.5) is 5.13 Å². The Morgan fingerprint density at radius 2 is 2.11 bits per heavy atom. The number of aromatic nitrogens is 1. The largest absolute Gasteiger partial charge is 0.392 e. The fourth-order valence-corrected chi connectivity index (χ4v) is 4.06. The summed E-state index contributed by atoms with van der Waals surface area (Å²) in [5.74, 6) is 0. The number of sulfonamides is 1. The number of anilines is 1. The van der Waals surface area contributed by atoms with Gasteiger partial charge in [-0.15, -0.1) is 11.3 Å². The zero-order chi connectivity index (χ0) is 14.0. The molecule has 0 amide bonds. The first-order chi connectivity index (χ1) is 8.95. The van der Waals surface area contributed by atoms with Crippen LogP contribution < -0.4 is 4.72 Å². The molecule has 5 nitrogen and oxygen atoms in total. The number of aliphatic hydroxyl groups is 1. The standard InChI is InChI=1S/C10H8Cl2N2O3S2/c11-7-1-2-8(9(12)6(7)5-15)19(16,17)14-10-13-3-4-18-10/h1-4,15H,5H2,(H,13,14). The average Bonchev–Trinajstić information content (AvgIpc) is 2.81. The minimum atomic E-state index is -3.87. The van der Waals surface area contributed by atoms with Crippen LogP contribution in [0, 0.1) is 0 Å². The molecule has 2 aromatic rings. The van der Waals surface area contributed by atoms with E-state index >= 15 is 0 Å². The Morgan fingerprint density at radius 1 is 1.37 bits per heavy atom. The molecule has 0 aliphatic rings. The minimum absolute atomic E-state index is 0.0981. The normalized spacial score (nSPS) is 11.5. The molecule has 1 aromatic carbocycles. The molecule has 0 unspecified atom stereocenters. The molecule has 0 aliphatic heterocycles. The number of thiazole rings is 1. The van der Waals surface area contributed by atoms with Crippen LogP contribution in [0.15, 0.2) is 28.6 Å². The van der Waals surface area contributed by atoms with E-state index < -0.39 is 16.6 Å². The Balaban J connectivity index is 2.47. The van der Waals surface area contributed by atoms with Crippen LogP contribution in [-0.2, 0) is 16.6 Å². The number of hydrogen-bond acceptors (Lipinski definition) is 5. The van der Waals surface area contributed by atoms with Gasteiger partial charge >= 0.3 is 0 Å². The van der Waals surface area contributed by atoms with E-state index in [0.29, 0.717) is 0 Å². The molecule has 0 atom stereocenters. The molecule has 0 radical (unpaired) electrons. The predicted molar refractivity (Wildman–Crippen MR) is 75.3 cm³/mol. The highest BCUT2D eigenvalue weighted by molar-refractivity contribution is 7.93. The summed E-state index contributed by atoms with van der Waals surface area (Å²) in [7, 11) is -3.87. The summed E-state index contributed by atoms with van der Waals surface area (Å²) in [5, 5.41) is 11.1. The van der Waals surface area contributed by atoms with E-state index in [0.717, 1.165) is 11.3 Å². The molecule has 0 bridgehead atoms. The van der Waals surface area contributed by atoms with Gasteiger partial charge in [-0.05, 0) is 12.1 Å². The van der Waals surface area contributed by atoms with Gasteiger partial charge in [-0.3, -0.25) is 4.72 Å². The van der Waals surface area contributed by atoms with Gasteiger partial charge < -0.3 is 5.11 Å².